The number of hydrogen-bond acceptors (Lipinski definition) is 6. The SMILES string of the molecule is CCCC(=O)Nc1nc2cc(NS(=O)(=O)c3cc(C)ccc3NC(C)=O)ccc2s1. The Morgan fingerprint density at radius 2 is 1.87 bits per heavy atom. The zero-order chi connectivity index (χ0) is 21.9. The van der Waals surface area contributed by atoms with E-state index in [4.69, 9.17) is 0 Å². The van der Waals surface area contributed by atoms with Gasteiger partial charge in [0, 0.05) is 13.3 Å². The monoisotopic (exact) mass is 446 g/mol. The lowest BCUT2D eigenvalue weighted by Gasteiger charge is -2.13. The van der Waals surface area contributed by atoms with Gasteiger partial charge in [0.25, 0.3) is 10.0 Å². The zero-order valence-corrected chi connectivity index (χ0v) is 18.4. The summed E-state index contributed by atoms with van der Waals surface area (Å²) in [5.41, 5.74) is 1.84. The second kappa shape index (κ2) is 8.80. The molecule has 0 aliphatic rings. The number of hydrogen-bond donors (Lipinski definition) is 3. The van der Waals surface area contributed by atoms with Crippen LogP contribution in [0, 0.1) is 6.92 Å². The summed E-state index contributed by atoms with van der Waals surface area (Å²) in [6.45, 7) is 5.00. The molecule has 0 aliphatic carbocycles. The topological polar surface area (TPSA) is 117 Å². The fraction of sp³-hybridized carbons (Fsp3) is 0.250. The van der Waals surface area contributed by atoms with Crippen molar-refractivity contribution in [2.75, 3.05) is 15.4 Å². The number of aromatic nitrogens is 1. The molecule has 8 nitrogen and oxygen atoms in total. The summed E-state index contributed by atoms with van der Waals surface area (Å²) in [6, 6.07) is 9.75. The molecular weight excluding hydrogens is 424 g/mol. The van der Waals surface area contributed by atoms with Gasteiger partial charge in [0.2, 0.25) is 11.8 Å². The Morgan fingerprint density at radius 1 is 1.10 bits per heavy atom. The van der Waals surface area contributed by atoms with E-state index in [0.29, 0.717) is 22.8 Å². The van der Waals surface area contributed by atoms with Crippen molar-refractivity contribution < 1.29 is 18.0 Å². The van der Waals surface area contributed by atoms with Gasteiger partial charge in [-0.2, -0.15) is 0 Å². The molecule has 10 heteroatoms. The van der Waals surface area contributed by atoms with E-state index < -0.39 is 10.0 Å². The fourth-order valence-electron chi connectivity index (χ4n) is 2.81. The molecule has 0 saturated heterocycles. The van der Waals surface area contributed by atoms with Gasteiger partial charge in [-0.25, -0.2) is 13.4 Å². The lowest BCUT2D eigenvalue weighted by atomic mass is 10.2. The van der Waals surface area contributed by atoms with Crippen LogP contribution in [0.2, 0.25) is 0 Å². The Kier molecular flexibility index (Phi) is 6.37. The van der Waals surface area contributed by atoms with Crippen LogP contribution < -0.4 is 15.4 Å². The first-order chi connectivity index (χ1) is 14.2. The molecule has 3 rings (SSSR count). The van der Waals surface area contributed by atoms with Gasteiger partial charge in [-0.15, -0.1) is 0 Å². The number of carbonyl (C=O) groups is 2. The van der Waals surface area contributed by atoms with Gasteiger partial charge in [0.05, 0.1) is 21.6 Å². The summed E-state index contributed by atoms with van der Waals surface area (Å²) in [4.78, 5) is 27.5. The van der Waals surface area contributed by atoms with Crippen molar-refractivity contribution in [3.05, 3.63) is 42.0 Å². The third kappa shape index (κ3) is 5.14. The summed E-state index contributed by atoms with van der Waals surface area (Å²) in [6.07, 6.45) is 1.15. The van der Waals surface area contributed by atoms with Gasteiger partial charge in [-0.05, 0) is 49.2 Å². The van der Waals surface area contributed by atoms with Gasteiger partial charge in [0.1, 0.15) is 4.90 Å². The third-order valence-electron chi connectivity index (χ3n) is 4.10. The van der Waals surface area contributed by atoms with E-state index in [1.807, 2.05) is 6.92 Å². The molecule has 0 atom stereocenters. The predicted octanol–water partition coefficient (Wildman–Crippen LogP) is 4.10. The van der Waals surface area contributed by atoms with Gasteiger partial charge in [0.15, 0.2) is 5.13 Å². The lowest BCUT2D eigenvalue weighted by molar-refractivity contribution is -0.116. The van der Waals surface area contributed by atoms with Crippen LogP contribution in [0.5, 0.6) is 0 Å². The first-order valence-corrected chi connectivity index (χ1v) is 11.6. The first-order valence-electron chi connectivity index (χ1n) is 9.29. The van der Waals surface area contributed by atoms with Crippen LogP contribution in [0.1, 0.15) is 32.3 Å². The molecule has 1 aromatic heterocycles. The highest BCUT2D eigenvalue weighted by Crippen LogP contribution is 2.30. The molecule has 0 saturated carbocycles. The number of aryl methyl sites for hydroxylation is 1. The van der Waals surface area contributed by atoms with E-state index in [1.54, 1.807) is 37.3 Å². The Morgan fingerprint density at radius 3 is 2.57 bits per heavy atom. The van der Waals surface area contributed by atoms with Crippen LogP contribution in [0.4, 0.5) is 16.5 Å². The molecule has 0 aliphatic heterocycles. The maximum Gasteiger partial charge on any atom is 0.263 e. The molecule has 3 N–H and O–H groups in total. The number of thiazole rings is 1. The summed E-state index contributed by atoms with van der Waals surface area (Å²) in [5.74, 6) is -0.473. The number of anilines is 3. The number of sulfonamides is 1. The molecule has 2 aromatic carbocycles. The number of fused-ring (bicyclic) bond motifs is 1. The third-order valence-corrected chi connectivity index (χ3v) is 6.47. The average Bonchev–Trinajstić information content (AvgIpc) is 3.04. The van der Waals surface area contributed by atoms with Crippen molar-refractivity contribution in [2.24, 2.45) is 0 Å². The summed E-state index contributed by atoms with van der Waals surface area (Å²) in [7, 11) is -3.96. The molecule has 3 aromatic rings. The maximum absolute atomic E-state index is 13.0. The number of nitrogens with zero attached hydrogens (tertiary/aromatic N) is 1. The molecule has 0 radical (unpaired) electrons. The molecular formula is C20H22N4O4S2. The second-order valence-corrected chi connectivity index (χ2v) is 9.47. The highest BCUT2D eigenvalue weighted by molar-refractivity contribution is 7.92. The Balaban J connectivity index is 1.89. The highest BCUT2D eigenvalue weighted by Gasteiger charge is 2.20. The standard InChI is InChI=1S/C20H22N4O4S2/c1-4-5-19(26)23-20-22-16-11-14(7-9-17(16)29-20)24-30(27,28)18-10-12(2)6-8-15(18)21-13(3)25/h6-11,24H,4-5H2,1-3H3,(H,21,25)(H,22,23,26). The number of rotatable bonds is 7. The first kappa shape index (κ1) is 21.7. The van der Waals surface area contributed by atoms with Crippen LogP contribution in [0.25, 0.3) is 10.2 Å². The lowest BCUT2D eigenvalue weighted by Crippen LogP contribution is -2.17. The molecule has 0 fully saturated rings. The van der Waals surface area contributed by atoms with Crippen LogP contribution >= 0.6 is 11.3 Å². The molecule has 30 heavy (non-hydrogen) atoms. The van der Waals surface area contributed by atoms with Crippen LogP contribution in [-0.4, -0.2) is 25.2 Å². The van der Waals surface area contributed by atoms with Gasteiger partial charge in [-0.1, -0.05) is 24.3 Å². The fourth-order valence-corrected chi connectivity index (χ4v) is 4.97. The van der Waals surface area contributed by atoms with Crippen molar-refractivity contribution >= 4 is 59.9 Å². The summed E-state index contributed by atoms with van der Waals surface area (Å²) < 4.78 is 29.3. The van der Waals surface area contributed by atoms with Crippen molar-refractivity contribution in [1.29, 1.82) is 0 Å². The maximum atomic E-state index is 13.0. The molecule has 0 spiro atoms. The van der Waals surface area contributed by atoms with Crippen molar-refractivity contribution in [3.63, 3.8) is 0 Å². The van der Waals surface area contributed by atoms with Crippen LogP contribution in [-0.2, 0) is 19.6 Å². The Bertz CT molecular complexity index is 1220. The van der Waals surface area contributed by atoms with Gasteiger partial charge >= 0.3 is 0 Å². The number of amides is 2. The van der Waals surface area contributed by atoms with Crippen molar-refractivity contribution in [3.8, 4) is 0 Å². The van der Waals surface area contributed by atoms with Gasteiger partial charge < -0.3 is 10.6 Å². The van der Waals surface area contributed by atoms with E-state index in [1.165, 1.54) is 24.3 Å². The predicted molar refractivity (Wildman–Crippen MR) is 119 cm³/mol. The van der Waals surface area contributed by atoms with Crippen molar-refractivity contribution in [1.82, 2.24) is 4.98 Å². The number of carbonyl (C=O) groups excluding carboxylic acids is 2. The van der Waals surface area contributed by atoms with E-state index in [-0.39, 0.29) is 22.4 Å². The zero-order valence-electron chi connectivity index (χ0n) is 16.8. The van der Waals surface area contributed by atoms with E-state index in [0.717, 1.165) is 16.7 Å². The minimum atomic E-state index is -3.96. The number of benzene rings is 2. The smallest absolute Gasteiger partial charge is 0.263 e. The average molecular weight is 447 g/mol. The van der Waals surface area contributed by atoms with Crippen LogP contribution in [0.3, 0.4) is 0 Å². The summed E-state index contributed by atoms with van der Waals surface area (Å²) in [5, 5.41) is 5.76. The van der Waals surface area contributed by atoms with Gasteiger partial charge in [-0.3, -0.25) is 14.3 Å². The molecule has 158 valence electrons. The normalized spacial score (nSPS) is 11.3. The van der Waals surface area contributed by atoms with E-state index in [9.17, 15) is 18.0 Å². The van der Waals surface area contributed by atoms with E-state index >= 15 is 0 Å². The highest BCUT2D eigenvalue weighted by atomic mass is 32.2. The van der Waals surface area contributed by atoms with E-state index in [2.05, 4.69) is 20.3 Å². The van der Waals surface area contributed by atoms with Crippen molar-refractivity contribution in [2.45, 2.75) is 38.5 Å². The minimum Gasteiger partial charge on any atom is -0.325 e. The quantitative estimate of drug-likeness (QED) is 0.505. The van der Waals surface area contributed by atoms with Crippen LogP contribution in [0.15, 0.2) is 41.3 Å². The molecule has 0 unspecified atom stereocenters. The summed E-state index contributed by atoms with van der Waals surface area (Å²) >= 11 is 1.32. The number of nitrogens with one attached hydrogen (secondary N) is 3. The molecule has 1 heterocycles. The second-order valence-electron chi connectivity index (χ2n) is 6.79. The Labute approximate surface area is 178 Å². The molecule has 0 bridgehead atoms. The Hall–Kier alpha value is -2.98. The minimum absolute atomic E-state index is 0.0245. The largest absolute Gasteiger partial charge is 0.325 e. The molecule has 2 amide bonds.